The fourth-order valence-corrected chi connectivity index (χ4v) is 8.86. The van der Waals surface area contributed by atoms with Crippen LogP contribution in [0, 0.1) is 0 Å². The third kappa shape index (κ3) is 5.82. The molecular weight excluding hydrogens is 343 g/mol. The summed E-state index contributed by atoms with van der Waals surface area (Å²) < 4.78 is 0. The molecule has 0 radical (unpaired) electrons. The Labute approximate surface area is 171 Å². The summed E-state index contributed by atoms with van der Waals surface area (Å²) in [5.41, 5.74) is 7.26. The summed E-state index contributed by atoms with van der Waals surface area (Å²) >= 11 is 0. The molecule has 1 heterocycles. The van der Waals surface area contributed by atoms with Crippen LogP contribution in [0.5, 0.6) is 0 Å². The van der Waals surface area contributed by atoms with E-state index in [4.69, 9.17) is 0 Å². The van der Waals surface area contributed by atoms with Crippen LogP contribution in [-0.4, -0.2) is 11.3 Å². The molecule has 0 bridgehead atoms. The van der Waals surface area contributed by atoms with Crippen LogP contribution in [0.3, 0.4) is 0 Å². The van der Waals surface area contributed by atoms with Gasteiger partial charge >= 0.3 is 0 Å². The van der Waals surface area contributed by atoms with E-state index < -0.39 is 0 Å². The van der Waals surface area contributed by atoms with Crippen molar-refractivity contribution in [3.8, 4) is 0 Å². The van der Waals surface area contributed by atoms with Crippen LogP contribution in [0.4, 0.5) is 0 Å². The van der Waals surface area contributed by atoms with E-state index in [1.807, 2.05) is 10.9 Å². The molecule has 0 saturated carbocycles. The normalized spacial score (nSPS) is 22.5. The maximum Gasteiger partial charge on any atom is -0.0169 e. The summed E-state index contributed by atoms with van der Waals surface area (Å²) in [6.07, 6.45) is 17.7. The third-order valence-corrected chi connectivity index (χ3v) is 10.5. The molecule has 2 rings (SSSR count). The molecule has 1 aromatic carbocycles. The Bertz CT molecular complexity index is 535. The lowest BCUT2D eigenvalue weighted by Gasteiger charge is -2.30. The monoisotopic (exact) mass is 388 g/mol. The van der Waals surface area contributed by atoms with Gasteiger partial charge in [-0.1, -0.05) is 73.9 Å². The van der Waals surface area contributed by atoms with Crippen molar-refractivity contribution in [3.05, 3.63) is 28.8 Å². The zero-order valence-electron chi connectivity index (χ0n) is 18.9. The molecule has 1 fully saturated rings. The van der Waals surface area contributed by atoms with Crippen LogP contribution in [0.2, 0.25) is 0 Å². The van der Waals surface area contributed by atoms with Crippen molar-refractivity contribution in [2.24, 2.45) is 0 Å². The molecular formula is C26H45P. The van der Waals surface area contributed by atoms with Crippen LogP contribution < -0.4 is 5.30 Å². The van der Waals surface area contributed by atoms with Crippen molar-refractivity contribution in [3.63, 3.8) is 0 Å². The Morgan fingerprint density at radius 1 is 0.704 bits per heavy atom. The molecule has 27 heavy (non-hydrogen) atoms. The first-order valence-electron chi connectivity index (χ1n) is 12.1. The van der Waals surface area contributed by atoms with Gasteiger partial charge in [-0.3, -0.25) is 0 Å². The van der Waals surface area contributed by atoms with Gasteiger partial charge in [-0.25, -0.2) is 0 Å². The molecule has 0 N–H and O–H groups in total. The lowest BCUT2D eigenvalue weighted by molar-refractivity contribution is 0.696. The molecule has 0 aromatic heterocycles. The van der Waals surface area contributed by atoms with E-state index in [-0.39, 0.29) is 7.92 Å². The predicted octanol–water partition coefficient (Wildman–Crippen LogP) is 8.17. The van der Waals surface area contributed by atoms with Gasteiger partial charge in [-0.05, 0) is 97.5 Å². The Balaban J connectivity index is 2.50. The van der Waals surface area contributed by atoms with Crippen molar-refractivity contribution in [1.29, 1.82) is 0 Å². The Morgan fingerprint density at radius 2 is 1.22 bits per heavy atom. The van der Waals surface area contributed by atoms with Gasteiger partial charge in [0.15, 0.2) is 0 Å². The first kappa shape index (κ1) is 22.9. The molecule has 1 heteroatoms. The fourth-order valence-electron chi connectivity index (χ4n) is 5.03. The molecule has 1 aliphatic rings. The summed E-state index contributed by atoms with van der Waals surface area (Å²) in [4.78, 5) is 0. The number of hydrogen-bond acceptors (Lipinski definition) is 0. The van der Waals surface area contributed by atoms with E-state index in [1.165, 1.54) is 83.5 Å². The van der Waals surface area contributed by atoms with Gasteiger partial charge in [0, 0.05) is 0 Å². The lowest BCUT2D eigenvalue weighted by Crippen LogP contribution is -2.21. The summed E-state index contributed by atoms with van der Waals surface area (Å²) in [6.45, 7) is 11.9. The molecule has 0 amide bonds. The quantitative estimate of drug-likeness (QED) is 0.317. The van der Waals surface area contributed by atoms with Crippen LogP contribution >= 0.6 is 7.92 Å². The minimum absolute atomic E-state index is 0.0389. The van der Waals surface area contributed by atoms with Gasteiger partial charge in [-0.2, -0.15) is 0 Å². The maximum absolute atomic E-state index is 2.62. The van der Waals surface area contributed by atoms with Crippen molar-refractivity contribution < 1.29 is 0 Å². The van der Waals surface area contributed by atoms with Gasteiger partial charge in [-0.15, -0.1) is 0 Å². The van der Waals surface area contributed by atoms with Gasteiger partial charge < -0.3 is 0 Å². The maximum atomic E-state index is 2.62. The smallest absolute Gasteiger partial charge is 0.0169 e. The first-order valence-corrected chi connectivity index (χ1v) is 13.6. The molecule has 1 aliphatic heterocycles. The molecule has 1 saturated heterocycles. The average Bonchev–Trinajstić information content (AvgIpc) is 3.12. The highest BCUT2D eigenvalue weighted by Crippen LogP contribution is 2.57. The highest BCUT2D eigenvalue weighted by Gasteiger charge is 2.36. The van der Waals surface area contributed by atoms with Gasteiger partial charge in [0.2, 0.25) is 0 Å². The fraction of sp³-hybridized carbons (Fsp3) is 0.769. The van der Waals surface area contributed by atoms with Crippen LogP contribution in [-0.2, 0) is 19.3 Å². The zero-order chi connectivity index (χ0) is 19.6. The molecule has 0 spiro atoms. The van der Waals surface area contributed by atoms with E-state index in [2.05, 4.69) is 46.8 Å². The van der Waals surface area contributed by atoms with Gasteiger partial charge in [0.05, 0.1) is 0 Å². The predicted molar refractivity (Wildman–Crippen MR) is 126 cm³/mol. The SMILES string of the molecule is CCCCc1ccc(P2C(CC)CCC2CC)c(CCCC)c1CCCC. The van der Waals surface area contributed by atoms with Crippen molar-refractivity contribution in [1.82, 2.24) is 0 Å². The second-order valence-electron chi connectivity index (χ2n) is 8.62. The topological polar surface area (TPSA) is 0 Å². The van der Waals surface area contributed by atoms with E-state index >= 15 is 0 Å². The second-order valence-corrected chi connectivity index (χ2v) is 11.4. The van der Waals surface area contributed by atoms with E-state index in [0.29, 0.717) is 0 Å². The van der Waals surface area contributed by atoms with Crippen LogP contribution in [0.1, 0.15) is 116 Å². The molecule has 0 aliphatic carbocycles. The summed E-state index contributed by atoms with van der Waals surface area (Å²) in [6, 6.07) is 5.18. The van der Waals surface area contributed by atoms with Crippen molar-refractivity contribution in [2.75, 3.05) is 0 Å². The Kier molecular flexibility index (Phi) is 10.4. The minimum atomic E-state index is 0.0389. The second kappa shape index (κ2) is 12.3. The van der Waals surface area contributed by atoms with Crippen LogP contribution in [0.15, 0.2) is 12.1 Å². The van der Waals surface area contributed by atoms with Gasteiger partial charge in [0.25, 0.3) is 0 Å². The van der Waals surface area contributed by atoms with E-state index in [0.717, 1.165) is 11.3 Å². The van der Waals surface area contributed by atoms with Gasteiger partial charge in [0.1, 0.15) is 0 Å². The number of benzene rings is 1. The summed E-state index contributed by atoms with van der Waals surface area (Å²) in [7, 11) is 0.0389. The summed E-state index contributed by atoms with van der Waals surface area (Å²) in [5.74, 6) is 0. The van der Waals surface area contributed by atoms with E-state index in [9.17, 15) is 0 Å². The minimum Gasteiger partial charge on any atom is -0.0687 e. The van der Waals surface area contributed by atoms with Crippen molar-refractivity contribution in [2.45, 2.75) is 129 Å². The first-order chi connectivity index (χ1) is 13.2. The molecule has 2 unspecified atom stereocenters. The number of unbranched alkanes of at least 4 members (excludes halogenated alkanes) is 3. The highest BCUT2D eigenvalue weighted by atomic mass is 31.1. The standard InChI is InChI=1S/C26H45P/c1-6-11-14-21-17-20-26(27-22(9-4)18-19-23(27)10-5)25(16-13-8-3)24(21)15-12-7-2/h17,20,22-23H,6-16,18-19H2,1-5H3. The van der Waals surface area contributed by atoms with E-state index in [1.54, 1.807) is 11.1 Å². The number of hydrogen-bond donors (Lipinski definition) is 0. The third-order valence-electron chi connectivity index (χ3n) is 6.70. The Morgan fingerprint density at radius 3 is 1.74 bits per heavy atom. The lowest BCUT2D eigenvalue weighted by atomic mass is 9.91. The molecule has 0 nitrogen and oxygen atoms in total. The number of rotatable bonds is 12. The van der Waals surface area contributed by atoms with Crippen molar-refractivity contribution >= 4 is 13.2 Å². The Hall–Kier alpha value is -0.350. The largest absolute Gasteiger partial charge is 0.0687 e. The summed E-state index contributed by atoms with van der Waals surface area (Å²) in [5, 5.41) is 1.83. The zero-order valence-corrected chi connectivity index (χ0v) is 19.8. The molecule has 154 valence electrons. The van der Waals surface area contributed by atoms with Crippen LogP contribution in [0.25, 0.3) is 0 Å². The highest BCUT2D eigenvalue weighted by molar-refractivity contribution is 7.67. The molecule has 1 aromatic rings. The molecule has 2 atom stereocenters. The number of aryl methyl sites for hydroxylation is 1. The average molecular weight is 389 g/mol.